The van der Waals surface area contributed by atoms with E-state index in [1.54, 1.807) is 6.20 Å². The first-order valence-corrected chi connectivity index (χ1v) is 14.4. The van der Waals surface area contributed by atoms with Crippen molar-refractivity contribution in [3.05, 3.63) is 17.5 Å². The van der Waals surface area contributed by atoms with Gasteiger partial charge in [-0.1, -0.05) is 12.8 Å². The number of amides is 1. The van der Waals surface area contributed by atoms with Crippen LogP contribution in [-0.2, 0) is 4.74 Å². The second-order valence-electron chi connectivity index (χ2n) is 12.6. The standard InChI is InChI=1S/C28H43N5O3/c1-17-15-33(16-18(2)36-17)8-7-29-27-30-14-23(25(32-27)20-5-3-4-6-20)26(34)31-24-21-9-19-10-22(24)13-28(35,11-19)12-21/h14,17-22,24,35H,3-13,15-16H2,1-2H3,(H,31,34)(H,29,30,32)/t17-,18+,19?,21?,22?,24?,28?. The highest BCUT2D eigenvalue weighted by Crippen LogP contribution is 2.55. The average molecular weight is 498 g/mol. The van der Waals surface area contributed by atoms with E-state index in [9.17, 15) is 9.90 Å². The number of morpholine rings is 1. The molecular formula is C28H43N5O3. The Balaban J connectivity index is 1.13. The Hall–Kier alpha value is -1.77. The average Bonchev–Trinajstić information content (AvgIpc) is 3.34. The van der Waals surface area contributed by atoms with Crippen LogP contribution in [-0.4, -0.2) is 75.9 Å². The van der Waals surface area contributed by atoms with Gasteiger partial charge in [0, 0.05) is 44.3 Å². The molecule has 2 heterocycles. The number of carbonyl (C=O) groups excluding carboxylic acids is 1. The Labute approximate surface area is 215 Å². The maximum Gasteiger partial charge on any atom is 0.254 e. The second kappa shape index (κ2) is 9.84. The van der Waals surface area contributed by atoms with Crippen molar-refractivity contribution in [3.63, 3.8) is 0 Å². The van der Waals surface area contributed by atoms with Crippen molar-refractivity contribution >= 4 is 11.9 Å². The molecule has 6 fully saturated rings. The van der Waals surface area contributed by atoms with E-state index in [4.69, 9.17) is 9.72 Å². The lowest BCUT2D eigenvalue weighted by atomic mass is 9.52. The molecule has 198 valence electrons. The van der Waals surface area contributed by atoms with Gasteiger partial charge < -0.3 is 20.5 Å². The maximum atomic E-state index is 13.6. The van der Waals surface area contributed by atoms with Crippen LogP contribution in [0.25, 0.3) is 0 Å². The van der Waals surface area contributed by atoms with Crippen LogP contribution in [0.3, 0.4) is 0 Å². The van der Waals surface area contributed by atoms with Gasteiger partial charge in [-0.05, 0) is 76.5 Å². The molecule has 36 heavy (non-hydrogen) atoms. The van der Waals surface area contributed by atoms with Crippen molar-refractivity contribution in [1.82, 2.24) is 20.2 Å². The summed E-state index contributed by atoms with van der Waals surface area (Å²) < 4.78 is 5.84. The molecular weight excluding hydrogens is 454 g/mol. The molecule has 1 aromatic heterocycles. The number of anilines is 1. The fourth-order valence-corrected chi connectivity index (χ4v) is 8.40. The number of nitrogens with zero attached hydrogens (tertiary/aromatic N) is 3. The molecule has 4 bridgehead atoms. The molecule has 6 aliphatic rings. The largest absolute Gasteiger partial charge is 0.390 e. The van der Waals surface area contributed by atoms with Gasteiger partial charge in [-0.15, -0.1) is 0 Å². The fourth-order valence-electron chi connectivity index (χ4n) is 8.40. The predicted octanol–water partition coefficient (Wildman–Crippen LogP) is 3.32. The smallest absolute Gasteiger partial charge is 0.254 e. The third-order valence-electron chi connectivity index (χ3n) is 9.55. The molecule has 8 heteroatoms. The zero-order valence-electron chi connectivity index (χ0n) is 21.9. The van der Waals surface area contributed by atoms with Crippen LogP contribution in [0.2, 0.25) is 0 Å². The van der Waals surface area contributed by atoms with Gasteiger partial charge in [-0.2, -0.15) is 0 Å². The van der Waals surface area contributed by atoms with Crippen molar-refractivity contribution < 1.29 is 14.6 Å². The number of hydrogen-bond acceptors (Lipinski definition) is 7. The van der Waals surface area contributed by atoms with Gasteiger partial charge in [0.25, 0.3) is 5.91 Å². The van der Waals surface area contributed by atoms with Crippen LogP contribution in [0.5, 0.6) is 0 Å². The Morgan fingerprint density at radius 2 is 1.83 bits per heavy atom. The van der Waals surface area contributed by atoms with E-state index >= 15 is 0 Å². The predicted molar refractivity (Wildman–Crippen MR) is 138 cm³/mol. The minimum absolute atomic E-state index is 0.0239. The number of ether oxygens (including phenoxy) is 1. The lowest BCUT2D eigenvalue weighted by Gasteiger charge is -2.58. The minimum Gasteiger partial charge on any atom is -0.390 e. The van der Waals surface area contributed by atoms with Crippen LogP contribution in [0.4, 0.5) is 5.95 Å². The van der Waals surface area contributed by atoms with E-state index in [0.717, 1.165) is 76.8 Å². The number of hydrogen-bond donors (Lipinski definition) is 3. The van der Waals surface area contributed by atoms with Crippen LogP contribution in [0.1, 0.15) is 93.6 Å². The summed E-state index contributed by atoms with van der Waals surface area (Å²) in [6, 6.07) is 0.168. The fraction of sp³-hybridized carbons (Fsp3) is 0.821. The quantitative estimate of drug-likeness (QED) is 0.531. The van der Waals surface area contributed by atoms with Crippen LogP contribution in [0.15, 0.2) is 6.20 Å². The van der Waals surface area contributed by atoms with Crippen LogP contribution < -0.4 is 10.6 Å². The molecule has 3 N–H and O–H groups in total. The first kappa shape index (κ1) is 24.6. The number of carbonyl (C=O) groups is 1. The molecule has 0 aromatic carbocycles. The third-order valence-corrected chi connectivity index (χ3v) is 9.55. The number of nitrogens with one attached hydrogen (secondary N) is 2. The number of rotatable bonds is 7. The van der Waals surface area contributed by atoms with Gasteiger partial charge in [-0.3, -0.25) is 9.69 Å². The van der Waals surface area contributed by atoms with E-state index in [0.29, 0.717) is 35.2 Å². The van der Waals surface area contributed by atoms with Gasteiger partial charge in [0.1, 0.15) is 0 Å². The highest BCUT2D eigenvalue weighted by Gasteiger charge is 2.55. The molecule has 1 saturated heterocycles. The zero-order valence-corrected chi connectivity index (χ0v) is 21.9. The van der Waals surface area contributed by atoms with E-state index in [-0.39, 0.29) is 24.2 Å². The first-order chi connectivity index (χ1) is 17.3. The van der Waals surface area contributed by atoms with Crippen molar-refractivity contribution in [2.75, 3.05) is 31.5 Å². The Bertz CT molecular complexity index is 941. The van der Waals surface area contributed by atoms with Crippen molar-refractivity contribution in [2.45, 2.75) is 101 Å². The monoisotopic (exact) mass is 497 g/mol. The van der Waals surface area contributed by atoms with E-state index in [2.05, 4.69) is 34.4 Å². The van der Waals surface area contributed by atoms with Gasteiger partial charge >= 0.3 is 0 Å². The lowest BCUT2D eigenvalue weighted by molar-refractivity contribution is -0.136. The summed E-state index contributed by atoms with van der Waals surface area (Å²) in [4.78, 5) is 25.5. The SMILES string of the molecule is C[C@@H]1CN(CCNc2ncc(C(=O)NC3C4CC5CC3CC(O)(C5)C4)c(C3CCCC3)n2)C[C@H](C)O1. The molecule has 0 radical (unpaired) electrons. The van der Waals surface area contributed by atoms with E-state index in [1.165, 1.54) is 12.8 Å². The molecule has 7 rings (SSSR count). The number of aromatic nitrogens is 2. The van der Waals surface area contributed by atoms with E-state index in [1.807, 2.05) is 0 Å². The van der Waals surface area contributed by atoms with Gasteiger partial charge in [-0.25, -0.2) is 9.97 Å². The zero-order chi connectivity index (χ0) is 24.9. The first-order valence-electron chi connectivity index (χ1n) is 14.4. The summed E-state index contributed by atoms with van der Waals surface area (Å²) in [6.45, 7) is 7.83. The Morgan fingerprint density at radius 1 is 1.14 bits per heavy atom. The summed E-state index contributed by atoms with van der Waals surface area (Å²) in [6.07, 6.45) is 11.7. The highest BCUT2D eigenvalue weighted by molar-refractivity contribution is 5.95. The van der Waals surface area contributed by atoms with Crippen molar-refractivity contribution in [1.29, 1.82) is 0 Å². The topological polar surface area (TPSA) is 99.6 Å². The normalized spacial score (nSPS) is 38.4. The van der Waals surface area contributed by atoms with Gasteiger partial charge in [0.15, 0.2) is 0 Å². The molecule has 0 spiro atoms. The summed E-state index contributed by atoms with van der Waals surface area (Å²) >= 11 is 0. The molecule has 2 unspecified atom stereocenters. The molecule has 8 nitrogen and oxygen atoms in total. The second-order valence-corrected chi connectivity index (χ2v) is 12.6. The molecule has 1 aliphatic heterocycles. The van der Waals surface area contributed by atoms with Gasteiger partial charge in [0.05, 0.1) is 29.1 Å². The summed E-state index contributed by atoms with van der Waals surface area (Å²) in [5.74, 6) is 2.35. The lowest BCUT2D eigenvalue weighted by Crippen LogP contribution is -2.61. The van der Waals surface area contributed by atoms with E-state index < -0.39 is 5.60 Å². The van der Waals surface area contributed by atoms with Crippen LogP contribution in [0, 0.1) is 17.8 Å². The number of aliphatic hydroxyl groups is 1. The Morgan fingerprint density at radius 3 is 2.50 bits per heavy atom. The van der Waals surface area contributed by atoms with Crippen LogP contribution >= 0.6 is 0 Å². The van der Waals surface area contributed by atoms with Crippen molar-refractivity contribution in [3.8, 4) is 0 Å². The molecule has 1 amide bonds. The summed E-state index contributed by atoms with van der Waals surface area (Å²) in [7, 11) is 0. The highest BCUT2D eigenvalue weighted by atomic mass is 16.5. The molecule has 5 saturated carbocycles. The third kappa shape index (κ3) is 5.01. The van der Waals surface area contributed by atoms with Gasteiger partial charge in [0.2, 0.25) is 5.95 Å². The molecule has 1 aromatic rings. The molecule has 4 atom stereocenters. The minimum atomic E-state index is -0.486. The summed E-state index contributed by atoms with van der Waals surface area (Å²) in [5.41, 5.74) is 1.08. The summed E-state index contributed by atoms with van der Waals surface area (Å²) in [5, 5.41) is 17.7. The maximum absolute atomic E-state index is 13.6. The van der Waals surface area contributed by atoms with Crippen molar-refractivity contribution in [2.24, 2.45) is 17.8 Å². The molecule has 5 aliphatic carbocycles. The Kier molecular flexibility index (Phi) is 6.71.